The molecule has 20 heavy (non-hydrogen) atoms. The van der Waals surface area contributed by atoms with E-state index in [-0.39, 0.29) is 12.4 Å². The van der Waals surface area contributed by atoms with Gasteiger partial charge in [-0.2, -0.15) is 0 Å². The number of nitrogens with one attached hydrogen (secondary N) is 1. The van der Waals surface area contributed by atoms with E-state index >= 15 is 0 Å². The van der Waals surface area contributed by atoms with Crippen molar-refractivity contribution in [3.05, 3.63) is 36.9 Å². The van der Waals surface area contributed by atoms with Gasteiger partial charge in [-0.1, -0.05) is 6.08 Å². The molecule has 0 saturated heterocycles. The van der Waals surface area contributed by atoms with Gasteiger partial charge in [0.2, 0.25) is 0 Å². The quantitative estimate of drug-likeness (QED) is 0.448. The molecule has 0 radical (unpaired) electrons. The second kappa shape index (κ2) is 7.96. The zero-order valence-electron chi connectivity index (χ0n) is 11.2. The number of phenols is 1. The van der Waals surface area contributed by atoms with Crippen LogP contribution in [0.4, 0.5) is 5.69 Å². The number of hydrogen-bond acceptors (Lipinski definition) is 5. The van der Waals surface area contributed by atoms with E-state index in [0.717, 1.165) is 0 Å². The lowest BCUT2D eigenvalue weighted by molar-refractivity contribution is -0.157. The van der Waals surface area contributed by atoms with Gasteiger partial charge in [0.1, 0.15) is 5.75 Å². The minimum Gasteiger partial charge on any atom is -0.508 e. The van der Waals surface area contributed by atoms with Crippen molar-refractivity contribution in [2.24, 2.45) is 0 Å². The van der Waals surface area contributed by atoms with E-state index in [4.69, 9.17) is 14.6 Å². The van der Waals surface area contributed by atoms with Gasteiger partial charge in [0.25, 0.3) is 5.91 Å². The van der Waals surface area contributed by atoms with E-state index in [0.29, 0.717) is 5.69 Å². The summed E-state index contributed by atoms with van der Waals surface area (Å²) in [7, 11) is 0. The molecule has 0 spiro atoms. The van der Waals surface area contributed by atoms with Gasteiger partial charge < -0.3 is 19.9 Å². The number of phenolic OH excluding ortho intramolecular Hbond substituents is 1. The van der Waals surface area contributed by atoms with E-state index < -0.39 is 24.6 Å². The highest BCUT2D eigenvalue weighted by molar-refractivity contribution is 5.93. The third-order valence-electron chi connectivity index (χ3n) is 2.29. The first-order chi connectivity index (χ1) is 9.52. The molecule has 0 aliphatic heterocycles. The van der Waals surface area contributed by atoms with Crippen molar-refractivity contribution < 1.29 is 24.2 Å². The number of benzene rings is 1. The van der Waals surface area contributed by atoms with Crippen molar-refractivity contribution in [3.63, 3.8) is 0 Å². The molecule has 1 rings (SSSR count). The maximum atomic E-state index is 11.5. The third-order valence-corrected chi connectivity index (χ3v) is 2.29. The summed E-state index contributed by atoms with van der Waals surface area (Å²) in [4.78, 5) is 23.0. The minimum atomic E-state index is -0.755. The van der Waals surface area contributed by atoms with Crippen LogP contribution in [0, 0.1) is 0 Å². The molecule has 1 aromatic rings. The highest BCUT2D eigenvalue weighted by atomic mass is 16.6. The van der Waals surface area contributed by atoms with Gasteiger partial charge >= 0.3 is 5.97 Å². The van der Waals surface area contributed by atoms with Crippen LogP contribution < -0.4 is 5.32 Å². The van der Waals surface area contributed by atoms with E-state index in [1.807, 2.05) is 0 Å². The standard InChI is InChI=1S/C14H17NO5/c1-3-8-19-10(2)14(18)20-9-13(17)15-11-4-6-12(16)7-5-11/h3-7,10,16H,1,8-9H2,2H3,(H,15,17). The van der Waals surface area contributed by atoms with Crippen LogP contribution in [0.3, 0.4) is 0 Å². The number of carbonyl (C=O) groups excluding carboxylic acids is 2. The number of amides is 1. The van der Waals surface area contributed by atoms with Gasteiger partial charge in [0.05, 0.1) is 6.61 Å². The van der Waals surface area contributed by atoms with Crippen LogP contribution in [-0.4, -0.2) is 36.3 Å². The molecule has 1 atom stereocenters. The number of hydrogen-bond donors (Lipinski definition) is 2. The monoisotopic (exact) mass is 279 g/mol. The molecule has 1 aromatic carbocycles. The van der Waals surface area contributed by atoms with Crippen molar-refractivity contribution in [2.45, 2.75) is 13.0 Å². The maximum Gasteiger partial charge on any atom is 0.335 e. The molecule has 2 N–H and O–H groups in total. The van der Waals surface area contributed by atoms with Crippen LogP contribution in [0.5, 0.6) is 5.75 Å². The van der Waals surface area contributed by atoms with Crippen molar-refractivity contribution in [3.8, 4) is 5.75 Å². The van der Waals surface area contributed by atoms with E-state index in [1.165, 1.54) is 37.3 Å². The minimum absolute atomic E-state index is 0.0996. The summed E-state index contributed by atoms with van der Waals surface area (Å²) in [5, 5.41) is 11.6. The second-order valence-electron chi connectivity index (χ2n) is 3.97. The predicted octanol–water partition coefficient (Wildman–Crippen LogP) is 1.46. The zero-order valence-corrected chi connectivity index (χ0v) is 11.2. The Morgan fingerprint density at radius 3 is 2.65 bits per heavy atom. The third kappa shape index (κ3) is 5.53. The first-order valence-corrected chi connectivity index (χ1v) is 6.01. The fraction of sp³-hybridized carbons (Fsp3) is 0.286. The molecule has 6 heteroatoms. The molecule has 0 bridgehead atoms. The van der Waals surface area contributed by atoms with E-state index in [9.17, 15) is 9.59 Å². The van der Waals surface area contributed by atoms with Crippen molar-refractivity contribution in [1.29, 1.82) is 0 Å². The summed E-state index contributed by atoms with van der Waals surface area (Å²) in [5.41, 5.74) is 0.500. The van der Waals surface area contributed by atoms with Crippen LogP contribution in [0.2, 0.25) is 0 Å². The second-order valence-corrected chi connectivity index (χ2v) is 3.97. The number of aromatic hydroxyl groups is 1. The van der Waals surface area contributed by atoms with Gasteiger partial charge in [-0.25, -0.2) is 4.79 Å². The molecule has 108 valence electrons. The molecular weight excluding hydrogens is 262 g/mol. The molecule has 0 saturated carbocycles. The summed E-state index contributed by atoms with van der Waals surface area (Å²) >= 11 is 0. The van der Waals surface area contributed by atoms with Crippen LogP contribution in [0.15, 0.2) is 36.9 Å². The summed E-state index contributed by atoms with van der Waals surface area (Å²) < 4.78 is 9.86. The molecule has 0 heterocycles. The normalized spacial score (nSPS) is 11.4. The SMILES string of the molecule is C=CCOC(C)C(=O)OCC(=O)Nc1ccc(O)cc1. The number of ether oxygens (including phenoxy) is 2. The van der Waals surface area contributed by atoms with Crippen molar-refractivity contribution >= 4 is 17.6 Å². The largest absolute Gasteiger partial charge is 0.508 e. The smallest absolute Gasteiger partial charge is 0.335 e. The summed E-state index contributed by atoms with van der Waals surface area (Å²) in [6.45, 7) is 4.82. The molecule has 0 aliphatic carbocycles. The topological polar surface area (TPSA) is 84.9 Å². The number of rotatable bonds is 7. The Bertz CT molecular complexity index is 469. The van der Waals surface area contributed by atoms with Gasteiger partial charge in [0, 0.05) is 5.69 Å². The zero-order chi connectivity index (χ0) is 15.0. The predicted molar refractivity (Wildman–Crippen MR) is 73.3 cm³/mol. The average molecular weight is 279 g/mol. The summed E-state index contributed by atoms with van der Waals surface area (Å²) in [6.07, 6.45) is 0.760. The van der Waals surface area contributed by atoms with Gasteiger partial charge in [-0.05, 0) is 31.2 Å². The molecular formula is C14H17NO5. The molecule has 0 aliphatic rings. The highest BCUT2D eigenvalue weighted by Gasteiger charge is 2.15. The number of carbonyl (C=O) groups is 2. The Labute approximate surface area is 117 Å². The lowest BCUT2D eigenvalue weighted by Crippen LogP contribution is -2.28. The van der Waals surface area contributed by atoms with Gasteiger partial charge in [-0.15, -0.1) is 6.58 Å². The molecule has 1 unspecified atom stereocenters. The Morgan fingerprint density at radius 2 is 2.05 bits per heavy atom. The van der Waals surface area contributed by atoms with E-state index in [1.54, 1.807) is 0 Å². The molecule has 6 nitrogen and oxygen atoms in total. The van der Waals surface area contributed by atoms with Gasteiger partial charge in [-0.3, -0.25) is 4.79 Å². The molecule has 0 fully saturated rings. The van der Waals surface area contributed by atoms with Gasteiger partial charge in [0.15, 0.2) is 12.7 Å². The first-order valence-electron chi connectivity index (χ1n) is 6.01. The lowest BCUT2D eigenvalue weighted by atomic mass is 10.3. The Hall–Kier alpha value is -2.34. The van der Waals surface area contributed by atoms with E-state index in [2.05, 4.69) is 11.9 Å². The van der Waals surface area contributed by atoms with Crippen LogP contribution in [0.1, 0.15) is 6.92 Å². The fourth-order valence-corrected chi connectivity index (χ4v) is 1.28. The van der Waals surface area contributed by atoms with Crippen molar-refractivity contribution in [1.82, 2.24) is 0 Å². The van der Waals surface area contributed by atoms with Crippen LogP contribution in [-0.2, 0) is 19.1 Å². The molecule has 0 aromatic heterocycles. The Balaban J connectivity index is 2.34. The van der Waals surface area contributed by atoms with Crippen LogP contribution >= 0.6 is 0 Å². The lowest BCUT2D eigenvalue weighted by Gasteiger charge is -2.11. The fourth-order valence-electron chi connectivity index (χ4n) is 1.28. The Kier molecular flexibility index (Phi) is 6.25. The highest BCUT2D eigenvalue weighted by Crippen LogP contribution is 2.13. The number of anilines is 1. The number of esters is 1. The summed E-state index contributed by atoms with van der Waals surface area (Å²) in [5.74, 6) is -0.990. The Morgan fingerprint density at radius 1 is 1.40 bits per heavy atom. The van der Waals surface area contributed by atoms with Crippen molar-refractivity contribution in [2.75, 3.05) is 18.5 Å². The maximum absolute atomic E-state index is 11.5. The first kappa shape index (κ1) is 15.7. The van der Waals surface area contributed by atoms with Crippen LogP contribution in [0.25, 0.3) is 0 Å². The molecule has 1 amide bonds. The average Bonchev–Trinajstić information content (AvgIpc) is 2.44. The summed E-state index contributed by atoms with van der Waals surface area (Å²) in [6, 6.07) is 5.94.